The minimum atomic E-state index is -0.115. The number of benzene rings is 1. The number of anilines is 2. The summed E-state index contributed by atoms with van der Waals surface area (Å²) in [5.41, 5.74) is 5.53. The van der Waals surface area contributed by atoms with Gasteiger partial charge in [0.25, 0.3) is 5.91 Å². The third kappa shape index (κ3) is 4.32. The Labute approximate surface area is 198 Å². The minimum absolute atomic E-state index is 0.0291. The van der Waals surface area contributed by atoms with E-state index in [1.54, 1.807) is 19.5 Å². The summed E-state index contributed by atoms with van der Waals surface area (Å²) in [5, 5.41) is 9.74. The number of H-pyrrole nitrogens is 1. The van der Waals surface area contributed by atoms with Crippen molar-refractivity contribution in [3.8, 4) is 22.8 Å². The third-order valence-corrected chi connectivity index (χ3v) is 6.12. The van der Waals surface area contributed by atoms with Gasteiger partial charge in [-0.15, -0.1) is 0 Å². The van der Waals surface area contributed by atoms with Gasteiger partial charge in [0.1, 0.15) is 24.2 Å². The van der Waals surface area contributed by atoms with E-state index >= 15 is 0 Å². The maximum absolute atomic E-state index is 12.9. The number of hydrogen-bond donors (Lipinski definition) is 4. The van der Waals surface area contributed by atoms with Crippen LogP contribution in [0.15, 0.2) is 36.7 Å². The highest BCUT2D eigenvalue weighted by Crippen LogP contribution is 2.42. The van der Waals surface area contributed by atoms with Crippen LogP contribution < -0.4 is 25.4 Å². The van der Waals surface area contributed by atoms with Crippen LogP contribution in [0.25, 0.3) is 11.3 Å². The van der Waals surface area contributed by atoms with Gasteiger partial charge in [0.2, 0.25) is 0 Å². The lowest BCUT2D eigenvalue weighted by molar-refractivity contribution is 0.000245. The first-order valence-corrected chi connectivity index (χ1v) is 11.5. The van der Waals surface area contributed by atoms with Gasteiger partial charge in [-0.3, -0.25) is 9.78 Å². The number of ether oxygens (including phenoxy) is 3. The van der Waals surface area contributed by atoms with Crippen LogP contribution in [0.2, 0.25) is 0 Å². The second kappa shape index (κ2) is 9.74. The van der Waals surface area contributed by atoms with Gasteiger partial charge >= 0.3 is 0 Å². The highest BCUT2D eigenvalue weighted by atomic mass is 16.5. The summed E-state index contributed by atoms with van der Waals surface area (Å²) in [6.07, 6.45) is 4.10. The molecule has 0 unspecified atom stereocenters. The predicted molar refractivity (Wildman–Crippen MR) is 129 cm³/mol. The molecule has 0 aliphatic carbocycles. The fraction of sp³-hybridized carbons (Fsp3) is 0.360. The molecule has 1 amide bonds. The van der Waals surface area contributed by atoms with Crippen LogP contribution in [0.1, 0.15) is 21.6 Å². The molecule has 0 bridgehead atoms. The van der Waals surface area contributed by atoms with Gasteiger partial charge in [-0.05, 0) is 24.6 Å². The molecule has 4 N–H and O–H groups in total. The number of pyridine rings is 1. The highest BCUT2D eigenvalue weighted by Gasteiger charge is 2.29. The number of amides is 1. The molecule has 1 fully saturated rings. The molecular formula is C25H29N5O4. The first kappa shape index (κ1) is 22.2. The van der Waals surface area contributed by atoms with Crippen molar-refractivity contribution in [2.24, 2.45) is 0 Å². The molecule has 178 valence electrons. The second-order valence-electron chi connectivity index (χ2n) is 8.39. The van der Waals surface area contributed by atoms with Crippen LogP contribution in [0, 0.1) is 6.92 Å². The van der Waals surface area contributed by atoms with Crippen molar-refractivity contribution in [2.45, 2.75) is 19.4 Å². The van der Waals surface area contributed by atoms with E-state index in [9.17, 15) is 4.79 Å². The standard InChI is InChI=1S/C25H29N5O4/c1-15-4-3-5-19(24(15)32-2)30-23-21-18(7-9-28-25(21)31)29-22(23)17-6-8-26-13-20(17)34-14-16-12-27-10-11-33-16/h3-6,8,13,16,27,29-30H,7,9-12,14H2,1-2H3,(H,28,31)/t16-/m1/s1. The Bertz CT molecular complexity index is 1190. The van der Waals surface area contributed by atoms with Crippen LogP contribution in [-0.2, 0) is 11.2 Å². The molecule has 34 heavy (non-hydrogen) atoms. The van der Waals surface area contributed by atoms with Crippen molar-refractivity contribution in [3.63, 3.8) is 0 Å². The monoisotopic (exact) mass is 463 g/mol. The van der Waals surface area contributed by atoms with E-state index in [4.69, 9.17) is 14.2 Å². The van der Waals surface area contributed by atoms with Crippen molar-refractivity contribution in [3.05, 3.63) is 53.5 Å². The number of nitrogens with one attached hydrogen (secondary N) is 4. The zero-order valence-corrected chi connectivity index (χ0v) is 19.4. The van der Waals surface area contributed by atoms with Gasteiger partial charge in [-0.25, -0.2) is 0 Å². The zero-order valence-electron chi connectivity index (χ0n) is 19.4. The number of morpholine rings is 1. The van der Waals surface area contributed by atoms with E-state index in [1.165, 1.54) is 0 Å². The van der Waals surface area contributed by atoms with Crippen molar-refractivity contribution < 1.29 is 19.0 Å². The first-order valence-electron chi connectivity index (χ1n) is 11.5. The molecule has 2 aliphatic heterocycles. The number of carbonyl (C=O) groups excluding carboxylic acids is 1. The predicted octanol–water partition coefficient (Wildman–Crippen LogP) is 2.79. The Morgan fingerprint density at radius 2 is 2.18 bits per heavy atom. The van der Waals surface area contributed by atoms with Gasteiger partial charge in [0.15, 0.2) is 0 Å². The number of aromatic amines is 1. The van der Waals surface area contributed by atoms with Crippen LogP contribution >= 0.6 is 0 Å². The molecule has 1 atom stereocenters. The van der Waals surface area contributed by atoms with E-state index in [-0.39, 0.29) is 12.0 Å². The molecule has 2 aromatic heterocycles. The molecule has 0 saturated carbocycles. The lowest BCUT2D eigenvalue weighted by atomic mass is 10.0. The fourth-order valence-electron chi connectivity index (χ4n) is 4.47. The molecule has 2 aliphatic rings. The van der Waals surface area contributed by atoms with Gasteiger partial charge in [0.05, 0.1) is 42.5 Å². The van der Waals surface area contributed by atoms with Crippen molar-refractivity contribution in [1.82, 2.24) is 20.6 Å². The molecule has 1 saturated heterocycles. The van der Waals surface area contributed by atoms with Crippen LogP contribution in [0.4, 0.5) is 11.4 Å². The summed E-state index contributed by atoms with van der Waals surface area (Å²) in [6.45, 7) is 5.24. The van der Waals surface area contributed by atoms with E-state index in [0.29, 0.717) is 43.2 Å². The normalized spacial score (nSPS) is 17.6. The quantitative estimate of drug-likeness (QED) is 0.427. The number of hydrogen-bond acceptors (Lipinski definition) is 7. The van der Waals surface area contributed by atoms with Crippen molar-refractivity contribution in [2.75, 3.05) is 45.3 Å². The maximum Gasteiger partial charge on any atom is 0.255 e. The summed E-state index contributed by atoms with van der Waals surface area (Å²) < 4.78 is 17.6. The number of rotatable bonds is 7. The van der Waals surface area contributed by atoms with Crippen LogP contribution in [0.5, 0.6) is 11.5 Å². The number of aromatic nitrogens is 2. The summed E-state index contributed by atoms with van der Waals surface area (Å²) in [6, 6.07) is 7.77. The largest absolute Gasteiger partial charge is 0.494 e. The van der Waals surface area contributed by atoms with Gasteiger partial charge in [-0.1, -0.05) is 12.1 Å². The van der Waals surface area contributed by atoms with Gasteiger partial charge in [0, 0.05) is 43.5 Å². The number of aryl methyl sites for hydroxylation is 1. The molecule has 0 radical (unpaired) electrons. The maximum atomic E-state index is 12.9. The number of methoxy groups -OCH3 is 1. The molecule has 5 rings (SSSR count). The number of carbonyl (C=O) groups is 1. The molecule has 3 aromatic rings. The van der Waals surface area contributed by atoms with Crippen molar-refractivity contribution in [1.29, 1.82) is 0 Å². The van der Waals surface area contributed by atoms with E-state index in [1.807, 2.05) is 31.2 Å². The average molecular weight is 464 g/mol. The summed E-state index contributed by atoms with van der Waals surface area (Å²) >= 11 is 0. The minimum Gasteiger partial charge on any atom is -0.494 e. The summed E-state index contributed by atoms with van der Waals surface area (Å²) in [4.78, 5) is 20.7. The Kier molecular flexibility index (Phi) is 6.37. The SMILES string of the molecule is COc1c(C)cccc1Nc1c(-c2ccncc2OC[C@H]2CNCCO2)[nH]c2c1C(=O)NCC2. The smallest absolute Gasteiger partial charge is 0.255 e. The average Bonchev–Trinajstić information content (AvgIpc) is 3.23. The lowest BCUT2D eigenvalue weighted by Crippen LogP contribution is -2.41. The third-order valence-electron chi connectivity index (χ3n) is 6.12. The summed E-state index contributed by atoms with van der Waals surface area (Å²) in [5.74, 6) is 1.23. The van der Waals surface area contributed by atoms with E-state index < -0.39 is 0 Å². The molecule has 0 spiro atoms. The summed E-state index contributed by atoms with van der Waals surface area (Å²) in [7, 11) is 1.64. The Balaban J connectivity index is 1.55. The van der Waals surface area contributed by atoms with E-state index in [2.05, 4.69) is 25.9 Å². The molecule has 4 heterocycles. The van der Waals surface area contributed by atoms with Crippen molar-refractivity contribution >= 4 is 17.3 Å². The van der Waals surface area contributed by atoms with E-state index in [0.717, 1.165) is 47.0 Å². The zero-order chi connectivity index (χ0) is 23.5. The second-order valence-corrected chi connectivity index (χ2v) is 8.39. The highest BCUT2D eigenvalue weighted by molar-refractivity contribution is 6.06. The Morgan fingerprint density at radius 1 is 1.26 bits per heavy atom. The molecule has 9 heteroatoms. The first-order chi connectivity index (χ1) is 16.7. The van der Waals surface area contributed by atoms with Gasteiger partial charge in [-0.2, -0.15) is 0 Å². The lowest BCUT2D eigenvalue weighted by Gasteiger charge is -2.24. The fourth-order valence-corrected chi connectivity index (χ4v) is 4.47. The number of nitrogens with zero attached hydrogens (tertiary/aromatic N) is 1. The number of fused-ring (bicyclic) bond motifs is 1. The topological polar surface area (TPSA) is 110 Å². The van der Waals surface area contributed by atoms with Crippen LogP contribution in [0.3, 0.4) is 0 Å². The molecular weight excluding hydrogens is 434 g/mol. The van der Waals surface area contributed by atoms with Gasteiger partial charge < -0.3 is 35.1 Å². The van der Waals surface area contributed by atoms with Crippen LogP contribution in [-0.4, -0.2) is 61.9 Å². The molecule has 1 aromatic carbocycles. The Hall–Kier alpha value is -3.56. The molecule has 9 nitrogen and oxygen atoms in total. The number of para-hydroxylation sites is 1. The Morgan fingerprint density at radius 3 is 3.00 bits per heavy atom.